The lowest BCUT2D eigenvalue weighted by Crippen LogP contribution is -2.16. The molecule has 0 saturated carbocycles. The van der Waals surface area contributed by atoms with Crippen LogP contribution >= 0.6 is 0 Å². The molecule has 0 bridgehead atoms. The van der Waals surface area contributed by atoms with Gasteiger partial charge in [-0.25, -0.2) is 31.6 Å². The van der Waals surface area contributed by atoms with Crippen LogP contribution in [0.5, 0.6) is 5.88 Å². The molecule has 0 radical (unpaired) electrons. The first-order valence-corrected chi connectivity index (χ1v) is 11.5. The molecular formula is C23H16F3N3O5S. The van der Waals surface area contributed by atoms with Crippen LogP contribution in [0, 0.1) is 17.5 Å². The molecule has 35 heavy (non-hydrogen) atoms. The van der Waals surface area contributed by atoms with Crippen LogP contribution in [-0.4, -0.2) is 42.5 Å². The SMILES string of the molecule is O=C(c1ccc2ncc(OCCO)nc2c1)c1c(F)ccc(NS(=O)(=O)c2cccc(F)c2)c1F. The molecule has 0 aliphatic rings. The minimum Gasteiger partial charge on any atom is -0.474 e. The number of aliphatic hydroxyl groups is 1. The van der Waals surface area contributed by atoms with Crippen LogP contribution in [0.15, 0.2) is 65.7 Å². The second-order valence-corrected chi connectivity index (χ2v) is 8.84. The highest BCUT2D eigenvalue weighted by atomic mass is 32.2. The first-order chi connectivity index (χ1) is 16.7. The first kappa shape index (κ1) is 24.1. The molecule has 0 saturated heterocycles. The summed E-state index contributed by atoms with van der Waals surface area (Å²) in [5.74, 6) is -4.49. The van der Waals surface area contributed by atoms with E-state index in [4.69, 9.17) is 9.84 Å². The Hall–Kier alpha value is -4.03. The topological polar surface area (TPSA) is 118 Å². The number of hydrogen-bond acceptors (Lipinski definition) is 7. The second-order valence-electron chi connectivity index (χ2n) is 7.16. The maximum Gasteiger partial charge on any atom is 0.262 e. The van der Waals surface area contributed by atoms with Gasteiger partial charge in [-0.05, 0) is 48.5 Å². The van der Waals surface area contributed by atoms with Crippen molar-refractivity contribution in [3.8, 4) is 5.88 Å². The van der Waals surface area contributed by atoms with Crippen LogP contribution in [0.4, 0.5) is 18.9 Å². The number of aliphatic hydroxyl groups excluding tert-OH is 1. The lowest BCUT2D eigenvalue weighted by atomic mass is 10.0. The summed E-state index contributed by atoms with van der Waals surface area (Å²) in [4.78, 5) is 20.8. The Labute approximate surface area is 197 Å². The molecule has 4 aromatic rings. The van der Waals surface area contributed by atoms with Crippen molar-refractivity contribution < 1.29 is 36.2 Å². The highest BCUT2D eigenvalue weighted by molar-refractivity contribution is 7.92. The largest absolute Gasteiger partial charge is 0.474 e. The first-order valence-electron chi connectivity index (χ1n) is 10.0. The van der Waals surface area contributed by atoms with Gasteiger partial charge in [-0.15, -0.1) is 0 Å². The van der Waals surface area contributed by atoms with Crippen molar-refractivity contribution in [2.45, 2.75) is 4.90 Å². The number of nitrogens with one attached hydrogen (secondary N) is 1. The molecule has 0 atom stereocenters. The minimum atomic E-state index is -4.43. The Balaban J connectivity index is 1.70. The van der Waals surface area contributed by atoms with Gasteiger partial charge in [0.05, 0.1) is 40.0 Å². The molecule has 8 nitrogen and oxygen atoms in total. The Morgan fingerprint density at radius 2 is 1.83 bits per heavy atom. The summed E-state index contributed by atoms with van der Waals surface area (Å²) in [7, 11) is -4.43. The standard InChI is InChI=1S/C23H16F3N3O5S/c24-14-2-1-3-15(11-14)35(32,33)29-18-7-5-16(25)21(22(18)26)23(31)13-4-6-17-19(10-13)28-20(12-27-17)34-9-8-30/h1-7,10-12,29-30H,8-9H2. The van der Waals surface area contributed by atoms with Crippen LogP contribution in [-0.2, 0) is 10.0 Å². The van der Waals surface area contributed by atoms with Gasteiger partial charge in [0.25, 0.3) is 10.0 Å². The molecular weight excluding hydrogens is 487 g/mol. The molecule has 0 fully saturated rings. The number of aromatic nitrogens is 2. The van der Waals surface area contributed by atoms with Gasteiger partial charge in [0.1, 0.15) is 18.2 Å². The molecule has 0 aliphatic carbocycles. The van der Waals surface area contributed by atoms with E-state index in [0.29, 0.717) is 5.52 Å². The zero-order valence-electron chi connectivity index (χ0n) is 17.7. The van der Waals surface area contributed by atoms with E-state index >= 15 is 4.39 Å². The van der Waals surface area contributed by atoms with E-state index in [0.717, 1.165) is 36.4 Å². The number of hydrogen-bond donors (Lipinski definition) is 2. The van der Waals surface area contributed by atoms with Gasteiger partial charge >= 0.3 is 0 Å². The smallest absolute Gasteiger partial charge is 0.262 e. The molecule has 12 heteroatoms. The molecule has 1 aromatic heterocycles. The molecule has 4 rings (SSSR count). The van der Waals surface area contributed by atoms with Crippen molar-refractivity contribution in [3.05, 3.63) is 89.4 Å². The van der Waals surface area contributed by atoms with E-state index in [9.17, 15) is 22.0 Å². The van der Waals surface area contributed by atoms with Crippen molar-refractivity contribution in [1.29, 1.82) is 0 Å². The van der Waals surface area contributed by atoms with Crippen LogP contribution < -0.4 is 9.46 Å². The fraction of sp³-hybridized carbons (Fsp3) is 0.0870. The van der Waals surface area contributed by atoms with E-state index in [1.165, 1.54) is 24.4 Å². The maximum atomic E-state index is 15.2. The lowest BCUT2D eigenvalue weighted by Gasteiger charge is -2.12. The van der Waals surface area contributed by atoms with Crippen LogP contribution in [0.25, 0.3) is 11.0 Å². The summed E-state index contributed by atoms with van der Waals surface area (Å²) in [6, 6.07) is 9.51. The number of ether oxygens (including phenoxy) is 1. The van der Waals surface area contributed by atoms with Gasteiger partial charge < -0.3 is 9.84 Å². The summed E-state index contributed by atoms with van der Waals surface area (Å²) in [5.41, 5.74) is -1.27. The van der Waals surface area contributed by atoms with E-state index < -0.39 is 49.4 Å². The van der Waals surface area contributed by atoms with Crippen molar-refractivity contribution >= 4 is 32.5 Å². The van der Waals surface area contributed by atoms with Crippen molar-refractivity contribution in [2.75, 3.05) is 17.9 Å². The second kappa shape index (κ2) is 9.68. The predicted molar refractivity (Wildman–Crippen MR) is 119 cm³/mol. The van der Waals surface area contributed by atoms with Crippen LogP contribution in [0.2, 0.25) is 0 Å². The van der Waals surface area contributed by atoms with Gasteiger partial charge in [-0.2, -0.15) is 0 Å². The molecule has 0 unspecified atom stereocenters. The fourth-order valence-electron chi connectivity index (χ4n) is 3.18. The molecule has 0 spiro atoms. The maximum absolute atomic E-state index is 15.2. The Morgan fingerprint density at radius 3 is 2.57 bits per heavy atom. The number of ketones is 1. The lowest BCUT2D eigenvalue weighted by molar-refractivity contribution is 0.103. The summed E-state index contributed by atoms with van der Waals surface area (Å²) in [6.45, 7) is -0.288. The number of carbonyl (C=O) groups excluding carboxylic acids is 1. The van der Waals surface area contributed by atoms with Crippen LogP contribution in [0.3, 0.4) is 0 Å². The van der Waals surface area contributed by atoms with Gasteiger partial charge in [0, 0.05) is 5.56 Å². The zero-order chi connectivity index (χ0) is 25.2. The third kappa shape index (κ3) is 5.08. The number of benzene rings is 3. The monoisotopic (exact) mass is 503 g/mol. The number of anilines is 1. The summed E-state index contributed by atoms with van der Waals surface area (Å²) >= 11 is 0. The fourth-order valence-corrected chi connectivity index (χ4v) is 4.27. The molecule has 0 amide bonds. The summed E-state index contributed by atoms with van der Waals surface area (Å²) < 4.78 is 75.3. The minimum absolute atomic E-state index is 0.0342. The van der Waals surface area contributed by atoms with Crippen molar-refractivity contribution in [1.82, 2.24) is 9.97 Å². The molecule has 3 aromatic carbocycles. The Bertz CT molecular complexity index is 1550. The Morgan fingerprint density at radius 1 is 1.03 bits per heavy atom. The highest BCUT2D eigenvalue weighted by Gasteiger charge is 2.25. The highest BCUT2D eigenvalue weighted by Crippen LogP contribution is 2.27. The molecule has 1 heterocycles. The van der Waals surface area contributed by atoms with E-state index in [1.54, 1.807) is 0 Å². The van der Waals surface area contributed by atoms with E-state index in [1.807, 2.05) is 4.72 Å². The third-order valence-corrected chi connectivity index (χ3v) is 6.16. The number of rotatable bonds is 8. The summed E-state index contributed by atoms with van der Waals surface area (Å²) in [5, 5.41) is 8.86. The van der Waals surface area contributed by atoms with Crippen LogP contribution in [0.1, 0.15) is 15.9 Å². The number of nitrogens with zero attached hydrogens (tertiary/aromatic N) is 2. The van der Waals surface area contributed by atoms with Crippen molar-refractivity contribution in [2.24, 2.45) is 0 Å². The molecule has 180 valence electrons. The van der Waals surface area contributed by atoms with E-state index in [-0.39, 0.29) is 30.2 Å². The third-order valence-electron chi connectivity index (χ3n) is 4.79. The number of fused-ring (bicyclic) bond motifs is 1. The molecule has 2 N–H and O–H groups in total. The number of halogens is 3. The zero-order valence-corrected chi connectivity index (χ0v) is 18.5. The van der Waals surface area contributed by atoms with Gasteiger partial charge in [-0.1, -0.05) is 6.07 Å². The average Bonchev–Trinajstić information content (AvgIpc) is 2.84. The normalized spacial score (nSPS) is 11.4. The number of carbonyl (C=O) groups is 1. The number of sulfonamides is 1. The van der Waals surface area contributed by atoms with Crippen molar-refractivity contribution in [3.63, 3.8) is 0 Å². The Kier molecular flexibility index (Phi) is 6.67. The molecule has 0 aliphatic heterocycles. The predicted octanol–water partition coefficient (Wildman–Crippen LogP) is 3.45. The quantitative estimate of drug-likeness (QED) is 0.354. The van der Waals surface area contributed by atoms with Gasteiger partial charge in [0.2, 0.25) is 5.88 Å². The average molecular weight is 503 g/mol. The van der Waals surface area contributed by atoms with E-state index in [2.05, 4.69) is 9.97 Å². The van der Waals surface area contributed by atoms with Gasteiger partial charge in [-0.3, -0.25) is 9.52 Å². The summed E-state index contributed by atoms with van der Waals surface area (Å²) in [6.07, 6.45) is 1.31. The van der Waals surface area contributed by atoms with Gasteiger partial charge in [0.15, 0.2) is 11.6 Å².